The molecule has 3 aliphatic carbocycles. The quantitative estimate of drug-likeness (QED) is 0.638. The molecule has 7 heteroatoms. The van der Waals surface area contributed by atoms with E-state index in [1.807, 2.05) is 60.7 Å². The summed E-state index contributed by atoms with van der Waals surface area (Å²) < 4.78 is 10.2. The maximum absolute atomic E-state index is 13.0. The molecule has 0 heterocycles. The van der Waals surface area contributed by atoms with Crippen LogP contribution >= 0.6 is 0 Å². The summed E-state index contributed by atoms with van der Waals surface area (Å²) in [5, 5.41) is 5.75. The van der Waals surface area contributed by atoms with Crippen LogP contribution in [0, 0.1) is 5.41 Å². The number of ether oxygens (including phenoxy) is 2. The van der Waals surface area contributed by atoms with E-state index in [1.54, 1.807) is 0 Å². The van der Waals surface area contributed by atoms with Crippen molar-refractivity contribution in [2.45, 2.75) is 43.9 Å². The highest BCUT2D eigenvalue weighted by atomic mass is 16.5. The first-order chi connectivity index (χ1) is 14.9. The Bertz CT molecular complexity index is 941. The SMILES string of the molecule is COC(=O)C12CC(NC(=O)[C@H](Cc3ccccc3)NC(=O)OCc3ccccc3)(C1)C2. The highest BCUT2D eigenvalue weighted by molar-refractivity contribution is 5.89. The molecule has 5 rings (SSSR count). The molecule has 3 fully saturated rings. The maximum atomic E-state index is 13.0. The first kappa shape index (κ1) is 20.9. The van der Waals surface area contributed by atoms with Gasteiger partial charge in [-0.3, -0.25) is 9.59 Å². The van der Waals surface area contributed by atoms with E-state index in [4.69, 9.17) is 9.47 Å². The molecule has 0 unspecified atom stereocenters. The van der Waals surface area contributed by atoms with Gasteiger partial charge in [-0.2, -0.15) is 0 Å². The largest absolute Gasteiger partial charge is 0.469 e. The van der Waals surface area contributed by atoms with Gasteiger partial charge in [0.25, 0.3) is 0 Å². The Hall–Kier alpha value is -3.35. The van der Waals surface area contributed by atoms with Crippen LogP contribution in [0.1, 0.15) is 30.4 Å². The summed E-state index contributed by atoms with van der Waals surface area (Å²) in [6.45, 7) is 0.123. The van der Waals surface area contributed by atoms with E-state index in [2.05, 4.69) is 10.6 Å². The molecule has 2 amide bonds. The van der Waals surface area contributed by atoms with E-state index >= 15 is 0 Å². The van der Waals surface area contributed by atoms with E-state index in [-0.39, 0.29) is 24.0 Å². The van der Waals surface area contributed by atoms with E-state index < -0.39 is 17.6 Å². The van der Waals surface area contributed by atoms with E-state index in [9.17, 15) is 14.4 Å². The Balaban J connectivity index is 1.37. The van der Waals surface area contributed by atoms with Crippen LogP contribution < -0.4 is 10.6 Å². The van der Waals surface area contributed by atoms with E-state index in [1.165, 1.54) is 7.11 Å². The van der Waals surface area contributed by atoms with Gasteiger partial charge in [-0.05, 0) is 30.4 Å². The van der Waals surface area contributed by atoms with Gasteiger partial charge in [0.05, 0.1) is 12.5 Å². The van der Waals surface area contributed by atoms with Crippen LogP contribution in [0.3, 0.4) is 0 Å². The van der Waals surface area contributed by atoms with Crippen LogP contribution in [0.5, 0.6) is 0 Å². The average molecular weight is 422 g/mol. The van der Waals surface area contributed by atoms with Crippen LogP contribution in [0.15, 0.2) is 60.7 Å². The summed E-state index contributed by atoms with van der Waals surface area (Å²) in [5.41, 5.74) is 0.966. The zero-order chi connectivity index (χ0) is 21.9. The summed E-state index contributed by atoms with van der Waals surface area (Å²) >= 11 is 0. The van der Waals surface area contributed by atoms with Crippen molar-refractivity contribution >= 4 is 18.0 Å². The fraction of sp³-hybridized carbons (Fsp3) is 0.375. The minimum absolute atomic E-state index is 0.123. The number of carbonyl (C=O) groups excluding carboxylic acids is 3. The first-order valence-electron chi connectivity index (χ1n) is 10.4. The van der Waals surface area contributed by atoms with Crippen LogP contribution in [-0.4, -0.2) is 36.7 Å². The highest BCUT2D eigenvalue weighted by Gasteiger charge is 2.73. The molecule has 0 aromatic heterocycles. The molecule has 1 atom stereocenters. The van der Waals surface area contributed by atoms with Gasteiger partial charge in [-0.25, -0.2) is 4.79 Å². The summed E-state index contributed by atoms with van der Waals surface area (Å²) in [6, 6.07) is 18.1. The van der Waals surface area contributed by atoms with Crippen LogP contribution in [0.25, 0.3) is 0 Å². The predicted molar refractivity (Wildman–Crippen MR) is 113 cm³/mol. The second-order valence-electron chi connectivity index (χ2n) is 8.52. The van der Waals surface area contributed by atoms with E-state index in [0.29, 0.717) is 25.7 Å². The van der Waals surface area contributed by atoms with Gasteiger partial charge in [0.1, 0.15) is 12.6 Å². The van der Waals surface area contributed by atoms with Crippen LogP contribution in [-0.2, 0) is 32.1 Å². The van der Waals surface area contributed by atoms with Gasteiger partial charge in [0.15, 0.2) is 0 Å². The summed E-state index contributed by atoms with van der Waals surface area (Å²) in [4.78, 5) is 37.3. The number of carbonyl (C=O) groups is 3. The maximum Gasteiger partial charge on any atom is 0.408 e. The minimum Gasteiger partial charge on any atom is -0.469 e. The molecule has 2 N–H and O–H groups in total. The zero-order valence-corrected chi connectivity index (χ0v) is 17.4. The summed E-state index contributed by atoms with van der Waals surface area (Å²) in [5.74, 6) is -0.495. The molecule has 3 saturated carbocycles. The van der Waals surface area contributed by atoms with Crippen molar-refractivity contribution in [2.75, 3.05) is 7.11 Å². The van der Waals surface area contributed by atoms with Gasteiger partial charge in [0.2, 0.25) is 5.91 Å². The molecule has 3 aliphatic rings. The Kier molecular flexibility index (Phi) is 5.67. The highest BCUT2D eigenvalue weighted by Crippen LogP contribution is 2.67. The molecule has 2 aromatic rings. The van der Waals surface area contributed by atoms with Crippen molar-refractivity contribution in [1.29, 1.82) is 0 Å². The molecule has 7 nitrogen and oxygen atoms in total. The fourth-order valence-electron chi connectivity index (χ4n) is 4.67. The third kappa shape index (κ3) is 4.40. The third-order valence-electron chi connectivity index (χ3n) is 6.14. The number of hydrogen-bond acceptors (Lipinski definition) is 5. The van der Waals surface area contributed by atoms with Crippen LogP contribution in [0.4, 0.5) is 4.79 Å². The smallest absolute Gasteiger partial charge is 0.408 e. The standard InChI is InChI=1S/C24H26N2O5/c1-30-21(28)23-14-24(15-23,16-23)26-20(27)19(12-17-8-4-2-5-9-17)25-22(29)31-13-18-10-6-3-7-11-18/h2-11,19H,12-16H2,1H3,(H,25,29)(H,26,27)/t19-,23?,24?/m0/s1. The Morgan fingerprint density at radius 3 is 2.10 bits per heavy atom. The van der Waals surface area contributed by atoms with Gasteiger partial charge in [-0.1, -0.05) is 60.7 Å². The molecule has 31 heavy (non-hydrogen) atoms. The lowest BCUT2D eigenvalue weighted by atomic mass is 9.39. The lowest BCUT2D eigenvalue weighted by molar-refractivity contribution is -0.203. The lowest BCUT2D eigenvalue weighted by Gasteiger charge is -2.68. The van der Waals surface area contributed by atoms with E-state index in [0.717, 1.165) is 11.1 Å². The Morgan fingerprint density at radius 1 is 0.935 bits per heavy atom. The van der Waals surface area contributed by atoms with Crippen molar-refractivity contribution < 1.29 is 23.9 Å². The van der Waals surface area contributed by atoms with Crippen molar-refractivity contribution in [3.63, 3.8) is 0 Å². The monoisotopic (exact) mass is 422 g/mol. The van der Waals surface area contributed by atoms with Gasteiger partial charge in [0, 0.05) is 12.0 Å². The predicted octanol–water partition coefficient (Wildman–Crippen LogP) is 2.74. The van der Waals surface area contributed by atoms with Crippen molar-refractivity contribution in [3.8, 4) is 0 Å². The summed E-state index contributed by atoms with van der Waals surface area (Å²) in [6.07, 6.45) is 1.42. The number of rotatable bonds is 8. The number of alkyl carbamates (subject to hydrolysis) is 1. The molecule has 0 saturated heterocycles. The Labute approximate surface area is 181 Å². The topological polar surface area (TPSA) is 93.7 Å². The number of amides is 2. The number of benzene rings is 2. The second-order valence-corrected chi connectivity index (χ2v) is 8.52. The van der Waals surface area contributed by atoms with Crippen molar-refractivity contribution in [1.82, 2.24) is 10.6 Å². The fourth-order valence-corrected chi connectivity index (χ4v) is 4.67. The summed E-state index contributed by atoms with van der Waals surface area (Å²) in [7, 11) is 1.38. The molecule has 162 valence electrons. The molecular formula is C24H26N2O5. The molecule has 2 aromatic carbocycles. The second kappa shape index (κ2) is 8.41. The van der Waals surface area contributed by atoms with Crippen molar-refractivity contribution in [2.24, 2.45) is 5.41 Å². The number of hydrogen-bond donors (Lipinski definition) is 2. The number of esters is 1. The number of nitrogens with one attached hydrogen (secondary N) is 2. The van der Waals surface area contributed by atoms with Gasteiger partial charge < -0.3 is 20.1 Å². The van der Waals surface area contributed by atoms with Gasteiger partial charge >= 0.3 is 12.1 Å². The van der Waals surface area contributed by atoms with Crippen molar-refractivity contribution in [3.05, 3.63) is 71.8 Å². The molecule has 0 spiro atoms. The average Bonchev–Trinajstić information content (AvgIpc) is 2.74. The lowest BCUT2D eigenvalue weighted by Crippen LogP contribution is -2.78. The first-order valence-corrected chi connectivity index (χ1v) is 10.4. The third-order valence-corrected chi connectivity index (χ3v) is 6.14. The minimum atomic E-state index is -0.784. The molecule has 2 bridgehead atoms. The molecule has 0 aliphatic heterocycles. The normalized spacial score (nSPS) is 24.0. The molecule has 0 radical (unpaired) electrons. The Morgan fingerprint density at radius 2 is 1.52 bits per heavy atom. The zero-order valence-electron chi connectivity index (χ0n) is 17.4. The van der Waals surface area contributed by atoms with Crippen LogP contribution in [0.2, 0.25) is 0 Å². The van der Waals surface area contributed by atoms with Gasteiger partial charge in [-0.15, -0.1) is 0 Å². The molecular weight excluding hydrogens is 396 g/mol. The number of methoxy groups -OCH3 is 1.